The SMILES string of the molecule is [C-]#[N+]c1cccc(OCCC)c1. The summed E-state index contributed by atoms with van der Waals surface area (Å²) in [5.74, 6) is 0.783. The molecule has 12 heavy (non-hydrogen) atoms. The van der Waals surface area contributed by atoms with Crippen molar-refractivity contribution >= 4 is 5.69 Å². The fraction of sp³-hybridized carbons (Fsp3) is 0.300. The predicted molar refractivity (Wildman–Crippen MR) is 48.5 cm³/mol. The Morgan fingerprint density at radius 2 is 2.33 bits per heavy atom. The summed E-state index contributed by atoms with van der Waals surface area (Å²) >= 11 is 0. The monoisotopic (exact) mass is 161 g/mol. The number of benzene rings is 1. The molecule has 0 unspecified atom stereocenters. The Bertz CT molecular complexity index is 288. The molecule has 0 saturated carbocycles. The zero-order valence-corrected chi connectivity index (χ0v) is 7.08. The smallest absolute Gasteiger partial charge is 0.190 e. The topological polar surface area (TPSA) is 13.6 Å². The molecule has 0 bridgehead atoms. The number of hydrogen-bond donors (Lipinski definition) is 0. The van der Waals surface area contributed by atoms with Gasteiger partial charge in [-0.3, -0.25) is 0 Å². The molecule has 2 heteroatoms. The van der Waals surface area contributed by atoms with Crippen LogP contribution >= 0.6 is 0 Å². The van der Waals surface area contributed by atoms with Gasteiger partial charge in [-0.15, -0.1) is 0 Å². The number of rotatable bonds is 3. The first-order valence-electron chi connectivity index (χ1n) is 3.97. The van der Waals surface area contributed by atoms with E-state index in [2.05, 4.69) is 11.8 Å². The van der Waals surface area contributed by atoms with Gasteiger partial charge in [-0.25, -0.2) is 4.85 Å². The van der Waals surface area contributed by atoms with E-state index in [0.29, 0.717) is 12.3 Å². The van der Waals surface area contributed by atoms with Gasteiger partial charge in [0.15, 0.2) is 5.69 Å². The summed E-state index contributed by atoms with van der Waals surface area (Å²) < 4.78 is 5.35. The van der Waals surface area contributed by atoms with Crippen LogP contribution in [-0.4, -0.2) is 6.61 Å². The average molecular weight is 161 g/mol. The van der Waals surface area contributed by atoms with E-state index in [1.807, 2.05) is 12.1 Å². The number of nitrogens with zero attached hydrogens (tertiary/aromatic N) is 1. The van der Waals surface area contributed by atoms with Crippen LogP contribution in [0.15, 0.2) is 24.3 Å². The Morgan fingerprint density at radius 1 is 1.50 bits per heavy atom. The third kappa shape index (κ3) is 2.28. The van der Waals surface area contributed by atoms with E-state index in [1.165, 1.54) is 0 Å². The van der Waals surface area contributed by atoms with Crippen LogP contribution in [0.25, 0.3) is 4.85 Å². The fourth-order valence-electron chi connectivity index (χ4n) is 0.863. The molecule has 0 radical (unpaired) electrons. The van der Waals surface area contributed by atoms with E-state index in [9.17, 15) is 0 Å². The maximum atomic E-state index is 6.79. The van der Waals surface area contributed by atoms with Crippen LogP contribution in [0.1, 0.15) is 13.3 Å². The van der Waals surface area contributed by atoms with Crippen LogP contribution in [0.4, 0.5) is 5.69 Å². The van der Waals surface area contributed by atoms with Gasteiger partial charge >= 0.3 is 0 Å². The summed E-state index contributed by atoms with van der Waals surface area (Å²) in [6.45, 7) is 9.55. The van der Waals surface area contributed by atoms with Crippen LogP contribution in [0, 0.1) is 6.57 Å². The molecule has 0 fully saturated rings. The van der Waals surface area contributed by atoms with Crippen LogP contribution in [0.5, 0.6) is 5.75 Å². The average Bonchev–Trinajstić information content (AvgIpc) is 2.15. The molecule has 0 aromatic heterocycles. The second kappa shape index (κ2) is 4.40. The van der Waals surface area contributed by atoms with E-state index in [1.54, 1.807) is 12.1 Å². The summed E-state index contributed by atoms with van der Waals surface area (Å²) in [6, 6.07) is 7.22. The first kappa shape index (κ1) is 8.61. The van der Waals surface area contributed by atoms with Gasteiger partial charge in [0, 0.05) is 0 Å². The van der Waals surface area contributed by atoms with E-state index in [-0.39, 0.29) is 0 Å². The third-order valence-corrected chi connectivity index (χ3v) is 1.42. The van der Waals surface area contributed by atoms with Crippen LogP contribution in [0.2, 0.25) is 0 Å². The Kier molecular flexibility index (Phi) is 3.16. The van der Waals surface area contributed by atoms with E-state index in [4.69, 9.17) is 11.3 Å². The molecule has 0 atom stereocenters. The molecular formula is C10H11NO. The molecule has 0 heterocycles. The number of ether oxygens (including phenoxy) is 1. The lowest BCUT2D eigenvalue weighted by Gasteiger charge is -2.03. The Balaban J connectivity index is 2.68. The van der Waals surface area contributed by atoms with Gasteiger partial charge in [-0.2, -0.15) is 0 Å². The van der Waals surface area contributed by atoms with Crippen molar-refractivity contribution in [3.05, 3.63) is 35.7 Å². The molecule has 0 amide bonds. The minimum absolute atomic E-state index is 0.628. The van der Waals surface area contributed by atoms with Gasteiger partial charge in [0.25, 0.3) is 0 Å². The molecule has 1 rings (SSSR count). The Morgan fingerprint density at radius 3 is 3.00 bits per heavy atom. The lowest BCUT2D eigenvalue weighted by atomic mass is 10.3. The summed E-state index contributed by atoms with van der Waals surface area (Å²) in [6.07, 6.45) is 0.988. The number of hydrogen-bond acceptors (Lipinski definition) is 1. The van der Waals surface area contributed by atoms with Gasteiger partial charge in [-0.1, -0.05) is 19.1 Å². The lowest BCUT2D eigenvalue weighted by Crippen LogP contribution is -1.93. The van der Waals surface area contributed by atoms with Crippen molar-refractivity contribution in [2.75, 3.05) is 6.61 Å². The maximum absolute atomic E-state index is 6.79. The molecule has 1 aromatic rings. The van der Waals surface area contributed by atoms with Crippen molar-refractivity contribution in [1.29, 1.82) is 0 Å². The van der Waals surface area contributed by atoms with Crippen LogP contribution in [0.3, 0.4) is 0 Å². The largest absolute Gasteiger partial charge is 0.495 e. The summed E-state index contributed by atoms with van der Waals surface area (Å²) in [5.41, 5.74) is 0.628. The summed E-state index contributed by atoms with van der Waals surface area (Å²) in [7, 11) is 0. The molecule has 0 N–H and O–H groups in total. The van der Waals surface area contributed by atoms with Gasteiger partial charge in [-0.05, 0) is 18.6 Å². The predicted octanol–water partition coefficient (Wildman–Crippen LogP) is 3.03. The standard InChI is InChI=1S/C10H11NO/c1-3-7-12-10-6-4-5-9(8-10)11-2/h4-6,8H,3,7H2,1H3. The molecule has 1 aromatic carbocycles. The van der Waals surface area contributed by atoms with E-state index >= 15 is 0 Å². The second-order valence-corrected chi connectivity index (χ2v) is 2.46. The highest BCUT2D eigenvalue weighted by Gasteiger charge is 1.93. The molecule has 0 aliphatic rings. The minimum Gasteiger partial charge on any atom is -0.495 e. The maximum Gasteiger partial charge on any atom is 0.190 e. The van der Waals surface area contributed by atoms with Crippen molar-refractivity contribution in [2.45, 2.75) is 13.3 Å². The van der Waals surface area contributed by atoms with E-state index in [0.717, 1.165) is 12.2 Å². The molecular weight excluding hydrogens is 150 g/mol. The van der Waals surface area contributed by atoms with Gasteiger partial charge in [0.05, 0.1) is 13.2 Å². The van der Waals surface area contributed by atoms with E-state index < -0.39 is 0 Å². The highest BCUT2D eigenvalue weighted by molar-refractivity contribution is 5.48. The second-order valence-electron chi connectivity index (χ2n) is 2.46. The quantitative estimate of drug-likeness (QED) is 0.621. The molecule has 62 valence electrons. The highest BCUT2D eigenvalue weighted by Crippen LogP contribution is 2.19. The highest BCUT2D eigenvalue weighted by atomic mass is 16.5. The van der Waals surface area contributed by atoms with Crippen molar-refractivity contribution in [3.63, 3.8) is 0 Å². The molecule has 2 nitrogen and oxygen atoms in total. The zero-order valence-electron chi connectivity index (χ0n) is 7.08. The Labute approximate surface area is 72.6 Å². The van der Waals surface area contributed by atoms with Gasteiger partial charge in [0.2, 0.25) is 0 Å². The summed E-state index contributed by atoms with van der Waals surface area (Å²) in [4.78, 5) is 3.31. The lowest BCUT2D eigenvalue weighted by molar-refractivity contribution is 0.317. The first-order chi connectivity index (χ1) is 5.86. The van der Waals surface area contributed by atoms with Gasteiger partial charge < -0.3 is 4.74 Å². The van der Waals surface area contributed by atoms with Crippen molar-refractivity contribution in [2.24, 2.45) is 0 Å². The van der Waals surface area contributed by atoms with Gasteiger partial charge in [0.1, 0.15) is 5.75 Å². The normalized spacial score (nSPS) is 9.00. The van der Waals surface area contributed by atoms with Crippen LogP contribution < -0.4 is 4.74 Å². The molecule has 0 aliphatic carbocycles. The minimum atomic E-state index is 0.628. The Hall–Kier alpha value is -1.49. The van der Waals surface area contributed by atoms with Crippen molar-refractivity contribution in [3.8, 4) is 5.75 Å². The molecule has 0 aliphatic heterocycles. The molecule has 0 spiro atoms. The summed E-state index contributed by atoms with van der Waals surface area (Å²) in [5, 5.41) is 0. The third-order valence-electron chi connectivity index (χ3n) is 1.42. The first-order valence-corrected chi connectivity index (χ1v) is 3.97. The molecule has 0 saturated heterocycles. The van der Waals surface area contributed by atoms with Crippen LogP contribution in [-0.2, 0) is 0 Å². The van der Waals surface area contributed by atoms with Crippen molar-refractivity contribution < 1.29 is 4.74 Å². The van der Waals surface area contributed by atoms with Crippen molar-refractivity contribution in [1.82, 2.24) is 0 Å². The zero-order chi connectivity index (χ0) is 8.81. The fourth-order valence-corrected chi connectivity index (χ4v) is 0.863.